The van der Waals surface area contributed by atoms with Crippen molar-refractivity contribution >= 4 is 11.5 Å². The molecule has 9 heteroatoms. The summed E-state index contributed by atoms with van der Waals surface area (Å²) in [5.74, 6) is -0.456. The van der Waals surface area contributed by atoms with E-state index in [1.807, 2.05) is 27.7 Å². The highest BCUT2D eigenvalue weighted by Gasteiger charge is 2.44. The van der Waals surface area contributed by atoms with E-state index in [4.69, 9.17) is 0 Å². The minimum absolute atomic E-state index is 0.0147. The number of halogens is 6. The number of Topliss-reactive ketones (excluding diaryl/α,β-unsaturated/α-hetero) is 1. The van der Waals surface area contributed by atoms with Crippen molar-refractivity contribution in [1.29, 1.82) is 0 Å². The molecule has 0 bridgehead atoms. The summed E-state index contributed by atoms with van der Waals surface area (Å²) in [5.41, 5.74) is 0.0157. The maximum Gasteiger partial charge on any atom is 0.416 e. The maximum absolute atomic E-state index is 13.6. The molecule has 1 heterocycles. The quantitative estimate of drug-likeness (QED) is 0.248. The van der Waals surface area contributed by atoms with Crippen molar-refractivity contribution in [3.05, 3.63) is 111 Å². The SMILES string of the molecule is C=C(/C=C1/C(=O)C(/C=C2\N(CCC(C)C)c3cc(C(F)(F)F)ccc3C2(C)C)=C1O)C(C)(C)c1ccc(C(F)(F)F)cc1C. The van der Waals surface area contributed by atoms with Crippen LogP contribution in [0.3, 0.4) is 0 Å². The van der Waals surface area contributed by atoms with Gasteiger partial charge in [0.1, 0.15) is 5.76 Å². The van der Waals surface area contributed by atoms with Crippen molar-refractivity contribution in [2.75, 3.05) is 11.4 Å². The molecule has 0 spiro atoms. The standard InChI is InChI=1S/C35H37F6NO2/c1-19(2)13-14-42-28-17-23(35(39,40)41)10-12-27(28)33(7,8)29(42)18-25-30(43)24(31(25)44)16-21(4)32(5,6)26-11-9-22(15-20(26)3)34(36,37)38/h9-12,15-19,43H,4,13-14H2,1-3,5-8H3/b24-16+,29-18-. The van der Waals surface area contributed by atoms with Crippen molar-refractivity contribution in [2.24, 2.45) is 5.92 Å². The molecule has 2 aromatic carbocycles. The largest absolute Gasteiger partial charge is 0.506 e. The Morgan fingerprint density at radius 2 is 1.57 bits per heavy atom. The van der Waals surface area contributed by atoms with Crippen molar-refractivity contribution in [2.45, 2.75) is 78.1 Å². The van der Waals surface area contributed by atoms with E-state index in [0.717, 1.165) is 24.3 Å². The van der Waals surface area contributed by atoms with Crippen LogP contribution in [0.15, 0.2) is 83.3 Å². The van der Waals surface area contributed by atoms with Crippen LogP contribution in [0.5, 0.6) is 0 Å². The molecule has 0 atom stereocenters. The predicted octanol–water partition coefficient (Wildman–Crippen LogP) is 9.92. The molecule has 44 heavy (non-hydrogen) atoms. The van der Waals surface area contributed by atoms with Crippen molar-refractivity contribution in [1.82, 2.24) is 0 Å². The van der Waals surface area contributed by atoms with Crippen LogP contribution in [-0.4, -0.2) is 17.4 Å². The van der Waals surface area contributed by atoms with Crippen LogP contribution in [0.2, 0.25) is 0 Å². The van der Waals surface area contributed by atoms with Gasteiger partial charge in [-0.15, -0.1) is 0 Å². The maximum atomic E-state index is 13.6. The fourth-order valence-corrected chi connectivity index (χ4v) is 5.87. The third-order valence-electron chi connectivity index (χ3n) is 8.78. The molecule has 0 amide bonds. The highest BCUT2D eigenvalue weighted by Crippen LogP contribution is 2.51. The number of allylic oxidation sites excluding steroid dienone is 6. The lowest BCUT2D eigenvalue weighted by Gasteiger charge is -2.31. The molecule has 0 aromatic heterocycles. The average molecular weight is 618 g/mol. The lowest BCUT2D eigenvalue weighted by Crippen LogP contribution is -2.30. The van der Waals surface area contributed by atoms with Crippen LogP contribution in [0.4, 0.5) is 32.0 Å². The van der Waals surface area contributed by atoms with Crippen LogP contribution in [0.25, 0.3) is 0 Å². The van der Waals surface area contributed by atoms with Gasteiger partial charge >= 0.3 is 12.4 Å². The number of alkyl halides is 6. The Bertz CT molecular complexity index is 1620. The van der Waals surface area contributed by atoms with E-state index in [1.54, 1.807) is 31.7 Å². The number of aryl methyl sites for hydroxylation is 1. The smallest absolute Gasteiger partial charge is 0.416 e. The third-order valence-corrected chi connectivity index (χ3v) is 8.78. The van der Waals surface area contributed by atoms with E-state index in [1.165, 1.54) is 18.2 Å². The fraction of sp³-hybridized carbons (Fsp3) is 0.400. The number of carbonyl (C=O) groups is 1. The average Bonchev–Trinajstić information content (AvgIpc) is 3.12. The second kappa shape index (κ2) is 11.0. The Hall–Kier alpha value is -3.75. The van der Waals surface area contributed by atoms with Crippen molar-refractivity contribution in [3.63, 3.8) is 0 Å². The zero-order chi connectivity index (χ0) is 33.2. The Balaban J connectivity index is 1.72. The van der Waals surface area contributed by atoms with E-state index in [-0.39, 0.29) is 22.8 Å². The number of aliphatic hydroxyl groups is 1. The number of benzene rings is 2. The van der Waals surface area contributed by atoms with E-state index >= 15 is 0 Å². The van der Waals surface area contributed by atoms with Crippen LogP contribution >= 0.6 is 0 Å². The second-order valence-electron chi connectivity index (χ2n) is 13.0. The van der Waals surface area contributed by atoms with Gasteiger partial charge in [-0.2, -0.15) is 26.3 Å². The van der Waals surface area contributed by atoms with Gasteiger partial charge in [0.25, 0.3) is 0 Å². The number of rotatable bonds is 7. The summed E-state index contributed by atoms with van der Waals surface area (Å²) in [6, 6.07) is 7.13. The predicted molar refractivity (Wildman–Crippen MR) is 160 cm³/mol. The van der Waals surface area contributed by atoms with Crippen molar-refractivity contribution in [3.8, 4) is 0 Å². The molecule has 0 unspecified atom stereocenters. The summed E-state index contributed by atoms with van der Waals surface area (Å²) in [6.45, 7) is 17.4. The number of anilines is 1. The van der Waals surface area contributed by atoms with Crippen LogP contribution in [0, 0.1) is 12.8 Å². The Morgan fingerprint density at radius 1 is 1.00 bits per heavy atom. The number of hydrogen-bond acceptors (Lipinski definition) is 3. The first-order valence-corrected chi connectivity index (χ1v) is 14.4. The topological polar surface area (TPSA) is 40.5 Å². The highest BCUT2D eigenvalue weighted by atomic mass is 19.4. The lowest BCUT2D eigenvalue weighted by atomic mass is 9.74. The molecule has 0 saturated heterocycles. The van der Waals surface area contributed by atoms with E-state index < -0.39 is 40.1 Å². The molecule has 2 aliphatic rings. The van der Waals surface area contributed by atoms with Gasteiger partial charge in [0, 0.05) is 28.8 Å². The fourth-order valence-electron chi connectivity index (χ4n) is 5.87. The van der Waals surface area contributed by atoms with Gasteiger partial charge in [-0.3, -0.25) is 4.79 Å². The Labute approximate surface area is 254 Å². The summed E-state index contributed by atoms with van der Waals surface area (Å²) in [4.78, 5) is 15.2. The molecule has 0 radical (unpaired) electrons. The molecular weight excluding hydrogens is 580 g/mol. The summed E-state index contributed by atoms with van der Waals surface area (Å²) < 4.78 is 80.4. The molecule has 1 N–H and O–H groups in total. The van der Waals surface area contributed by atoms with Gasteiger partial charge in [-0.25, -0.2) is 0 Å². The zero-order valence-corrected chi connectivity index (χ0v) is 25.9. The third kappa shape index (κ3) is 5.85. The summed E-state index contributed by atoms with van der Waals surface area (Å²) >= 11 is 0. The Kier molecular flexibility index (Phi) is 8.29. The van der Waals surface area contributed by atoms with Crippen LogP contribution in [0.1, 0.15) is 75.8 Å². The Morgan fingerprint density at radius 3 is 2.09 bits per heavy atom. The van der Waals surface area contributed by atoms with Crippen LogP contribution in [-0.2, 0) is 28.0 Å². The molecule has 1 aliphatic heterocycles. The first-order valence-electron chi connectivity index (χ1n) is 14.4. The highest BCUT2D eigenvalue weighted by molar-refractivity contribution is 6.21. The minimum atomic E-state index is -4.52. The number of ketones is 1. The normalized spacial score (nSPS) is 18.9. The van der Waals surface area contributed by atoms with Gasteiger partial charge in [0.15, 0.2) is 0 Å². The number of aliphatic hydroxyl groups excluding tert-OH is 1. The van der Waals surface area contributed by atoms with E-state index in [0.29, 0.717) is 46.6 Å². The number of carbonyl (C=O) groups excluding carboxylic acids is 1. The lowest BCUT2D eigenvalue weighted by molar-refractivity contribution is -0.138. The first kappa shape index (κ1) is 33.1. The van der Waals surface area contributed by atoms with E-state index in [2.05, 4.69) is 6.58 Å². The molecule has 236 valence electrons. The number of nitrogens with zero attached hydrogens (tertiary/aromatic N) is 1. The summed E-state index contributed by atoms with van der Waals surface area (Å²) in [5, 5.41) is 11.0. The molecule has 4 rings (SSSR count). The molecule has 3 nitrogen and oxygen atoms in total. The zero-order valence-electron chi connectivity index (χ0n) is 25.9. The molecular formula is C35H37F6NO2. The van der Waals surface area contributed by atoms with E-state index in [9.17, 15) is 36.2 Å². The monoisotopic (exact) mass is 617 g/mol. The summed E-state index contributed by atoms with van der Waals surface area (Å²) in [6.07, 6.45) is -5.32. The van der Waals surface area contributed by atoms with Crippen molar-refractivity contribution < 1.29 is 36.2 Å². The van der Waals surface area contributed by atoms with Gasteiger partial charge in [-0.1, -0.05) is 60.3 Å². The van der Waals surface area contributed by atoms with Gasteiger partial charge in [-0.05, 0) is 77.9 Å². The number of hydrogen-bond donors (Lipinski definition) is 1. The van der Waals surface area contributed by atoms with Crippen LogP contribution < -0.4 is 4.90 Å². The molecule has 0 fully saturated rings. The molecule has 2 aromatic rings. The summed E-state index contributed by atoms with van der Waals surface area (Å²) in [7, 11) is 0. The minimum Gasteiger partial charge on any atom is -0.506 e. The first-order chi connectivity index (χ1) is 20.1. The molecule has 0 saturated carbocycles. The number of fused-ring (bicyclic) bond motifs is 1. The van der Waals surface area contributed by atoms with Gasteiger partial charge in [0.05, 0.1) is 22.3 Å². The molecule has 1 aliphatic carbocycles. The second-order valence-corrected chi connectivity index (χ2v) is 13.0. The van der Waals surface area contributed by atoms with Gasteiger partial charge < -0.3 is 10.0 Å². The van der Waals surface area contributed by atoms with Gasteiger partial charge in [0.2, 0.25) is 5.78 Å².